The Labute approximate surface area is 158 Å². The topological polar surface area (TPSA) is 52.7 Å². The van der Waals surface area contributed by atoms with Gasteiger partial charge < -0.3 is 10.2 Å². The van der Waals surface area contributed by atoms with Gasteiger partial charge in [-0.3, -0.25) is 9.69 Å². The van der Waals surface area contributed by atoms with E-state index in [9.17, 15) is 14.0 Å². The van der Waals surface area contributed by atoms with Crippen molar-refractivity contribution in [1.29, 1.82) is 0 Å². The first-order chi connectivity index (χ1) is 13.0. The van der Waals surface area contributed by atoms with Gasteiger partial charge >= 0.3 is 6.03 Å². The highest BCUT2D eigenvalue weighted by Crippen LogP contribution is 2.11. The van der Waals surface area contributed by atoms with Crippen LogP contribution in [0.3, 0.4) is 0 Å². The van der Waals surface area contributed by atoms with Gasteiger partial charge in [0.25, 0.3) is 0 Å². The van der Waals surface area contributed by atoms with E-state index in [1.54, 1.807) is 17.9 Å². The van der Waals surface area contributed by atoms with E-state index in [0.29, 0.717) is 43.9 Å². The lowest BCUT2D eigenvalue weighted by atomic mass is 10.1. The molecular weight excluding hydrogens is 345 g/mol. The summed E-state index contributed by atoms with van der Waals surface area (Å²) >= 11 is 0. The van der Waals surface area contributed by atoms with Crippen LogP contribution in [0.5, 0.6) is 0 Å². The average Bonchev–Trinajstić information content (AvgIpc) is 2.69. The lowest BCUT2D eigenvalue weighted by Crippen LogP contribution is -2.52. The maximum absolute atomic E-state index is 13.3. The van der Waals surface area contributed by atoms with Gasteiger partial charge in [-0.1, -0.05) is 30.3 Å². The van der Waals surface area contributed by atoms with Crippen LogP contribution in [0.25, 0.3) is 0 Å². The van der Waals surface area contributed by atoms with E-state index in [-0.39, 0.29) is 24.2 Å². The SMILES string of the molecule is Cc1cc(C(=O)CN2CCN(C(=O)NCc3ccccc3)CC2)ccc1F. The van der Waals surface area contributed by atoms with Gasteiger partial charge in [0.15, 0.2) is 5.78 Å². The van der Waals surface area contributed by atoms with Crippen molar-refractivity contribution in [3.05, 3.63) is 71.0 Å². The number of nitrogens with zero attached hydrogens (tertiary/aromatic N) is 2. The summed E-state index contributed by atoms with van der Waals surface area (Å²) in [5, 5.41) is 2.93. The van der Waals surface area contributed by atoms with Crippen LogP contribution in [-0.4, -0.2) is 54.3 Å². The normalized spacial score (nSPS) is 14.8. The van der Waals surface area contributed by atoms with Crippen LogP contribution in [0.1, 0.15) is 21.5 Å². The molecule has 3 rings (SSSR count). The van der Waals surface area contributed by atoms with Crippen molar-refractivity contribution < 1.29 is 14.0 Å². The van der Waals surface area contributed by atoms with Gasteiger partial charge in [-0.2, -0.15) is 0 Å². The van der Waals surface area contributed by atoms with Crippen molar-refractivity contribution in [2.75, 3.05) is 32.7 Å². The summed E-state index contributed by atoms with van der Waals surface area (Å²) in [6.07, 6.45) is 0. The molecule has 0 aromatic heterocycles. The highest BCUT2D eigenvalue weighted by molar-refractivity contribution is 5.97. The number of Topliss-reactive ketones (excluding diaryl/α,β-unsaturated/α-hetero) is 1. The second-order valence-corrected chi connectivity index (χ2v) is 6.79. The van der Waals surface area contributed by atoms with E-state index in [1.807, 2.05) is 35.2 Å². The summed E-state index contributed by atoms with van der Waals surface area (Å²) in [6, 6.07) is 14.1. The molecule has 6 heteroatoms. The molecule has 2 amide bonds. The Bertz CT molecular complexity index is 802. The van der Waals surface area contributed by atoms with Crippen molar-refractivity contribution >= 4 is 11.8 Å². The summed E-state index contributed by atoms with van der Waals surface area (Å²) in [5.41, 5.74) is 2.06. The summed E-state index contributed by atoms with van der Waals surface area (Å²) in [6.45, 7) is 4.88. The Balaban J connectivity index is 1.44. The Morgan fingerprint density at radius 1 is 1.04 bits per heavy atom. The van der Waals surface area contributed by atoms with E-state index in [1.165, 1.54) is 12.1 Å². The number of carbonyl (C=O) groups excluding carboxylic acids is 2. The number of carbonyl (C=O) groups is 2. The molecule has 1 aliphatic rings. The fourth-order valence-corrected chi connectivity index (χ4v) is 3.11. The van der Waals surface area contributed by atoms with Gasteiger partial charge in [-0.05, 0) is 36.2 Å². The Morgan fingerprint density at radius 2 is 1.74 bits per heavy atom. The minimum Gasteiger partial charge on any atom is -0.334 e. The van der Waals surface area contributed by atoms with E-state index in [4.69, 9.17) is 0 Å². The van der Waals surface area contributed by atoms with Crippen molar-refractivity contribution in [1.82, 2.24) is 15.1 Å². The third-order valence-electron chi connectivity index (χ3n) is 4.79. The van der Waals surface area contributed by atoms with Crippen LogP contribution in [0.4, 0.5) is 9.18 Å². The number of aryl methyl sites for hydroxylation is 1. The average molecular weight is 369 g/mol. The van der Waals surface area contributed by atoms with Crippen LogP contribution in [0.15, 0.2) is 48.5 Å². The number of benzene rings is 2. The van der Waals surface area contributed by atoms with Crippen molar-refractivity contribution in [3.8, 4) is 0 Å². The third kappa shape index (κ3) is 5.14. The molecule has 2 aromatic carbocycles. The smallest absolute Gasteiger partial charge is 0.317 e. The number of urea groups is 1. The molecule has 1 fully saturated rings. The fraction of sp³-hybridized carbons (Fsp3) is 0.333. The molecule has 0 unspecified atom stereocenters. The highest BCUT2D eigenvalue weighted by Gasteiger charge is 2.22. The molecule has 0 atom stereocenters. The van der Waals surface area contributed by atoms with Gasteiger partial charge in [-0.15, -0.1) is 0 Å². The molecule has 0 saturated carbocycles. The number of amides is 2. The minimum absolute atomic E-state index is 0.0277. The molecule has 2 aromatic rings. The highest BCUT2D eigenvalue weighted by atomic mass is 19.1. The number of hydrogen-bond donors (Lipinski definition) is 1. The molecule has 1 aliphatic heterocycles. The Kier molecular flexibility index (Phi) is 6.19. The maximum Gasteiger partial charge on any atom is 0.317 e. The molecule has 27 heavy (non-hydrogen) atoms. The van der Waals surface area contributed by atoms with E-state index >= 15 is 0 Å². The molecule has 1 N–H and O–H groups in total. The van der Waals surface area contributed by atoms with Crippen molar-refractivity contribution in [2.45, 2.75) is 13.5 Å². The largest absolute Gasteiger partial charge is 0.334 e. The Morgan fingerprint density at radius 3 is 2.41 bits per heavy atom. The fourth-order valence-electron chi connectivity index (χ4n) is 3.11. The van der Waals surface area contributed by atoms with Crippen LogP contribution >= 0.6 is 0 Å². The molecule has 0 spiro atoms. The number of hydrogen-bond acceptors (Lipinski definition) is 3. The summed E-state index contributed by atoms with van der Waals surface area (Å²) in [5.74, 6) is -0.332. The zero-order valence-corrected chi connectivity index (χ0v) is 15.5. The number of ketones is 1. The monoisotopic (exact) mass is 369 g/mol. The van der Waals surface area contributed by atoms with Crippen molar-refractivity contribution in [3.63, 3.8) is 0 Å². The number of rotatable bonds is 5. The molecule has 142 valence electrons. The molecule has 1 saturated heterocycles. The van der Waals surface area contributed by atoms with Gasteiger partial charge in [0, 0.05) is 38.3 Å². The second kappa shape index (κ2) is 8.77. The molecule has 5 nitrogen and oxygen atoms in total. The molecule has 0 bridgehead atoms. The predicted octanol–water partition coefficient (Wildman–Crippen LogP) is 2.84. The first-order valence-corrected chi connectivity index (χ1v) is 9.11. The second-order valence-electron chi connectivity index (χ2n) is 6.79. The summed E-state index contributed by atoms with van der Waals surface area (Å²) < 4.78 is 13.3. The van der Waals surface area contributed by atoms with Crippen molar-refractivity contribution in [2.24, 2.45) is 0 Å². The lowest BCUT2D eigenvalue weighted by molar-refractivity contribution is 0.0878. The van der Waals surface area contributed by atoms with E-state index < -0.39 is 0 Å². The van der Waals surface area contributed by atoms with Crippen LogP contribution in [0, 0.1) is 12.7 Å². The third-order valence-corrected chi connectivity index (χ3v) is 4.79. The van der Waals surface area contributed by atoms with Gasteiger partial charge in [0.1, 0.15) is 5.82 Å². The zero-order valence-electron chi connectivity index (χ0n) is 15.5. The van der Waals surface area contributed by atoms with Crippen LogP contribution < -0.4 is 5.32 Å². The van der Waals surface area contributed by atoms with Crippen LogP contribution in [-0.2, 0) is 6.54 Å². The first kappa shape index (κ1) is 19.0. The standard InChI is InChI=1S/C21H24FN3O2/c1-16-13-18(7-8-19(16)22)20(26)15-24-9-11-25(12-10-24)21(27)23-14-17-5-3-2-4-6-17/h2-8,13H,9-12,14-15H2,1H3,(H,23,27). The van der Waals surface area contributed by atoms with Crippen LogP contribution in [0.2, 0.25) is 0 Å². The number of piperazine rings is 1. The quantitative estimate of drug-likeness (QED) is 0.825. The molecule has 0 radical (unpaired) electrons. The molecule has 0 aliphatic carbocycles. The van der Waals surface area contributed by atoms with Gasteiger partial charge in [-0.25, -0.2) is 9.18 Å². The maximum atomic E-state index is 13.3. The molecular formula is C21H24FN3O2. The summed E-state index contributed by atoms with van der Waals surface area (Å²) in [4.78, 5) is 28.5. The zero-order chi connectivity index (χ0) is 19.2. The first-order valence-electron chi connectivity index (χ1n) is 9.11. The van der Waals surface area contributed by atoms with Gasteiger partial charge in [0.05, 0.1) is 6.54 Å². The predicted molar refractivity (Wildman–Crippen MR) is 102 cm³/mol. The Hall–Kier alpha value is -2.73. The lowest BCUT2D eigenvalue weighted by Gasteiger charge is -2.34. The number of nitrogens with one attached hydrogen (secondary N) is 1. The van der Waals surface area contributed by atoms with E-state index in [0.717, 1.165) is 5.56 Å². The van der Waals surface area contributed by atoms with E-state index in [2.05, 4.69) is 5.32 Å². The van der Waals surface area contributed by atoms with Gasteiger partial charge in [0.2, 0.25) is 0 Å². The molecule has 1 heterocycles. The number of halogens is 1. The summed E-state index contributed by atoms with van der Waals surface area (Å²) in [7, 11) is 0. The minimum atomic E-state index is -0.304.